The Kier molecular flexibility index (Phi) is 4.63. The summed E-state index contributed by atoms with van der Waals surface area (Å²) in [6.07, 6.45) is 2.63. The fourth-order valence-electron chi connectivity index (χ4n) is 2.78. The molecule has 4 heteroatoms. The zero-order chi connectivity index (χ0) is 14.0. The lowest BCUT2D eigenvalue weighted by Gasteiger charge is -2.31. The first-order valence-corrected chi connectivity index (χ1v) is 7.87. The van der Waals surface area contributed by atoms with Crippen LogP contribution in [0, 0.1) is 19.8 Å². The number of aryl methyl sites for hydroxylation is 1. The van der Waals surface area contributed by atoms with E-state index in [1.165, 1.54) is 41.9 Å². The van der Waals surface area contributed by atoms with Crippen LogP contribution in [0.25, 0.3) is 0 Å². The number of hydrogen-bond acceptors (Lipinski definition) is 3. The van der Waals surface area contributed by atoms with Crippen LogP contribution in [-0.4, -0.2) is 23.9 Å². The number of nitrogens with zero attached hydrogens (tertiary/aromatic N) is 1. The largest absolute Gasteiger partial charge is 0.318 e. The van der Waals surface area contributed by atoms with Gasteiger partial charge in [0.15, 0.2) is 0 Å². The van der Waals surface area contributed by atoms with Crippen molar-refractivity contribution in [3.63, 3.8) is 0 Å². The van der Waals surface area contributed by atoms with Crippen molar-refractivity contribution in [3.8, 4) is 0 Å². The highest BCUT2D eigenvalue weighted by Crippen LogP contribution is 2.34. The van der Waals surface area contributed by atoms with Gasteiger partial charge in [0.05, 0.1) is 5.00 Å². The summed E-state index contributed by atoms with van der Waals surface area (Å²) in [5, 5.41) is 4.03. The number of carbonyl (C=O) groups is 1. The summed E-state index contributed by atoms with van der Waals surface area (Å²) in [6, 6.07) is 0. The maximum atomic E-state index is 11.3. The molecule has 1 aliphatic rings. The Bertz CT molecular complexity index is 467. The van der Waals surface area contributed by atoms with E-state index in [1.54, 1.807) is 18.3 Å². The minimum atomic E-state index is 0.0227. The predicted molar refractivity (Wildman–Crippen MR) is 81.8 cm³/mol. The van der Waals surface area contributed by atoms with Crippen molar-refractivity contribution in [1.82, 2.24) is 4.90 Å². The molecule has 0 aliphatic carbocycles. The van der Waals surface area contributed by atoms with Crippen LogP contribution in [-0.2, 0) is 11.3 Å². The summed E-state index contributed by atoms with van der Waals surface area (Å²) >= 11 is 1.70. The van der Waals surface area contributed by atoms with E-state index in [0.29, 0.717) is 0 Å². The molecule has 0 spiro atoms. The molecule has 2 rings (SSSR count). The first-order valence-electron chi connectivity index (χ1n) is 7.06. The van der Waals surface area contributed by atoms with E-state index in [1.807, 2.05) is 0 Å². The number of nitrogens with one attached hydrogen (secondary N) is 1. The maximum absolute atomic E-state index is 11.3. The Morgan fingerprint density at radius 1 is 1.47 bits per heavy atom. The Balaban J connectivity index is 2.15. The second-order valence-electron chi connectivity index (χ2n) is 5.75. The summed E-state index contributed by atoms with van der Waals surface area (Å²) in [5.41, 5.74) is 2.65. The van der Waals surface area contributed by atoms with Gasteiger partial charge in [-0.2, -0.15) is 0 Å². The molecule has 19 heavy (non-hydrogen) atoms. The van der Waals surface area contributed by atoms with Crippen molar-refractivity contribution >= 4 is 22.2 Å². The third-order valence-electron chi connectivity index (χ3n) is 3.92. The molecule has 1 aromatic heterocycles. The van der Waals surface area contributed by atoms with Crippen molar-refractivity contribution in [2.75, 3.05) is 18.4 Å². The number of piperidine rings is 1. The molecule has 1 amide bonds. The topological polar surface area (TPSA) is 32.3 Å². The van der Waals surface area contributed by atoms with Gasteiger partial charge >= 0.3 is 0 Å². The van der Waals surface area contributed by atoms with Crippen molar-refractivity contribution in [2.24, 2.45) is 5.92 Å². The fourth-order valence-corrected chi connectivity index (χ4v) is 3.90. The molecule has 1 saturated heterocycles. The lowest BCUT2D eigenvalue weighted by Crippen LogP contribution is -2.34. The lowest BCUT2D eigenvalue weighted by atomic mass is 9.99. The van der Waals surface area contributed by atoms with Gasteiger partial charge in [-0.3, -0.25) is 9.69 Å². The van der Waals surface area contributed by atoms with E-state index < -0.39 is 0 Å². The van der Waals surface area contributed by atoms with Gasteiger partial charge in [-0.05, 0) is 44.7 Å². The van der Waals surface area contributed by atoms with Crippen LogP contribution in [0.2, 0.25) is 0 Å². The standard InChI is InChI=1S/C15H24N2OS/c1-10-6-5-7-17(8-10)9-14-11(2)12(3)19-15(14)16-13(4)18/h10H,5-9H2,1-4H3,(H,16,18). The summed E-state index contributed by atoms with van der Waals surface area (Å²) in [7, 11) is 0. The van der Waals surface area contributed by atoms with E-state index in [2.05, 4.69) is 31.0 Å². The average Bonchev–Trinajstić information content (AvgIpc) is 2.56. The normalized spacial score (nSPS) is 20.5. The maximum Gasteiger partial charge on any atom is 0.221 e. The van der Waals surface area contributed by atoms with Crippen LogP contribution in [0.4, 0.5) is 5.00 Å². The fraction of sp³-hybridized carbons (Fsp3) is 0.667. The van der Waals surface area contributed by atoms with Crippen molar-refractivity contribution in [3.05, 3.63) is 16.0 Å². The Morgan fingerprint density at radius 3 is 2.84 bits per heavy atom. The van der Waals surface area contributed by atoms with Crippen molar-refractivity contribution < 1.29 is 4.79 Å². The summed E-state index contributed by atoms with van der Waals surface area (Å²) < 4.78 is 0. The van der Waals surface area contributed by atoms with E-state index in [-0.39, 0.29) is 5.91 Å². The molecule has 1 aromatic rings. The molecule has 0 aromatic carbocycles. The van der Waals surface area contributed by atoms with Crippen LogP contribution in [0.3, 0.4) is 0 Å². The van der Waals surface area contributed by atoms with Gasteiger partial charge in [0.1, 0.15) is 0 Å². The molecule has 0 radical (unpaired) electrons. The van der Waals surface area contributed by atoms with Gasteiger partial charge in [0, 0.05) is 30.5 Å². The number of thiophene rings is 1. The van der Waals surface area contributed by atoms with Gasteiger partial charge < -0.3 is 5.32 Å². The highest BCUT2D eigenvalue weighted by Gasteiger charge is 2.20. The summed E-state index contributed by atoms with van der Waals surface area (Å²) in [4.78, 5) is 15.1. The van der Waals surface area contributed by atoms with Crippen molar-refractivity contribution in [2.45, 2.75) is 47.1 Å². The second-order valence-corrected chi connectivity index (χ2v) is 6.98. The number of amides is 1. The monoisotopic (exact) mass is 280 g/mol. The van der Waals surface area contributed by atoms with Gasteiger partial charge in [-0.15, -0.1) is 11.3 Å². The molecule has 1 N–H and O–H groups in total. The third kappa shape index (κ3) is 3.57. The quantitative estimate of drug-likeness (QED) is 0.918. The van der Waals surface area contributed by atoms with Crippen molar-refractivity contribution in [1.29, 1.82) is 0 Å². The smallest absolute Gasteiger partial charge is 0.221 e. The van der Waals surface area contributed by atoms with Crippen LogP contribution < -0.4 is 5.32 Å². The number of anilines is 1. The zero-order valence-electron chi connectivity index (χ0n) is 12.4. The third-order valence-corrected chi connectivity index (χ3v) is 5.09. The van der Waals surface area contributed by atoms with Crippen LogP contribution >= 0.6 is 11.3 Å². The van der Waals surface area contributed by atoms with Gasteiger partial charge in [-0.1, -0.05) is 6.92 Å². The highest BCUT2D eigenvalue weighted by atomic mass is 32.1. The first kappa shape index (κ1) is 14.5. The molecule has 0 saturated carbocycles. The first-order chi connectivity index (χ1) is 8.97. The number of carbonyl (C=O) groups excluding carboxylic acids is 1. The molecular weight excluding hydrogens is 256 g/mol. The minimum absolute atomic E-state index is 0.0227. The predicted octanol–water partition coefficient (Wildman–Crippen LogP) is 3.56. The average molecular weight is 280 g/mol. The molecule has 2 heterocycles. The van der Waals surface area contributed by atoms with Crippen LogP contribution in [0.1, 0.15) is 42.7 Å². The summed E-state index contributed by atoms with van der Waals surface area (Å²) in [6.45, 7) is 11.5. The van der Waals surface area contributed by atoms with E-state index in [0.717, 1.165) is 17.5 Å². The molecule has 1 fully saturated rings. The molecule has 1 unspecified atom stereocenters. The number of rotatable bonds is 3. The Labute approximate surface area is 120 Å². The second kappa shape index (κ2) is 6.06. The lowest BCUT2D eigenvalue weighted by molar-refractivity contribution is -0.114. The molecule has 1 atom stereocenters. The van der Waals surface area contributed by atoms with Crippen LogP contribution in [0.15, 0.2) is 0 Å². The van der Waals surface area contributed by atoms with E-state index in [9.17, 15) is 4.79 Å². The summed E-state index contributed by atoms with van der Waals surface area (Å²) in [5.74, 6) is 0.813. The molecule has 1 aliphatic heterocycles. The molecule has 106 valence electrons. The molecule has 3 nitrogen and oxygen atoms in total. The Morgan fingerprint density at radius 2 is 2.21 bits per heavy atom. The van der Waals surface area contributed by atoms with E-state index >= 15 is 0 Å². The molecule has 0 bridgehead atoms. The highest BCUT2D eigenvalue weighted by molar-refractivity contribution is 7.16. The van der Waals surface area contributed by atoms with Gasteiger partial charge in [0.2, 0.25) is 5.91 Å². The number of hydrogen-bond donors (Lipinski definition) is 1. The molecular formula is C15H24N2OS. The van der Waals surface area contributed by atoms with Gasteiger partial charge in [0.25, 0.3) is 0 Å². The van der Waals surface area contributed by atoms with Crippen LogP contribution in [0.5, 0.6) is 0 Å². The number of likely N-dealkylation sites (tertiary alicyclic amines) is 1. The van der Waals surface area contributed by atoms with E-state index in [4.69, 9.17) is 0 Å². The minimum Gasteiger partial charge on any atom is -0.318 e. The zero-order valence-corrected chi connectivity index (χ0v) is 13.2. The Hall–Kier alpha value is -0.870. The van der Waals surface area contributed by atoms with Gasteiger partial charge in [-0.25, -0.2) is 0 Å². The SMILES string of the molecule is CC(=O)Nc1sc(C)c(C)c1CN1CCCC(C)C1.